The van der Waals surface area contributed by atoms with Gasteiger partial charge in [-0.15, -0.1) is 0 Å². The molecule has 70 valence electrons. The zero-order valence-corrected chi connectivity index (χ0v) is 7.76. The average Bonchev–Trinajstić information content (AvgIpc) is 2.06. The Bertz CT molecular complexity index is 352. The van der Waals surface area contributed by atoms with Gasteiger partial charge in [0.25, 0.3) is 0 Å². The van der Waals surface area contributed by atoms with Crippen molar-refractivity contribution in [2.45, 2.75) is 6.92 Å². The number of nitrogens with two attached hydrogens (primary N) is 2. The van der Waals surface area contributed by atoms with E-state index in [-0.39, 0.29) is 17.1 Å². The van der Waals surface area contributed by atoms with E-state index in [1.807, 2.05) is 0 Å². The van der Waals surface area contributed by atoms with E-state index in [0.29, 0.717) is 5.02 Å². The highest BCUT2D eigenvalue weighted by atomic mass is 35.5. The molecule has 0 fully saturated rings. The maximum absolute atomic E-state index is 10.6. The van der Waals surface area contributed by atoms with Crippen molar-refractivity contribution in [2.24, 2.45) is 0 Å². The summed E-state index contributed by atoms with van der Waals surface area (Å²) in [6, 6.07) is 3.01. The Morgan fingerprint density at radius 2 is 2.00 bits per heavy atom. The molecule has 0 aliphatic rings. The van der Waals surface area contributed by atoms with Crippen LogP contribution in [-0.2, 0) is 4.79 Å². The molecule has 1 rings (SSSR count). The van der Waals surface area contributed by atoms with Crippen molar-refractivity contribution in [2.75, 3.05) is 11.5 Å². The number of halogens is 1. The molecule has 0 amide bonds. The van der Waals surface area contributed by atoms with Crippen LogP contribution in [0.15, 0.2) is 12.1 Å². The second kappa shape index (κ2) is 3.53. The van der Waals surface area contributed by atoms with Crippen LogP contribution < -0.4 is 16.2 Å². The van der Waals surface area contributed by atoms with E-state index < -0.39 is 5.97 Å². The van der Waals surface area contributed by atoms with Crippen LogP contribution in [0.4, 0.5) is 11.4 Å². The van der Waals surface area contributed by atoms with Gasteiger partial charge in [-0.2, -0.15) is 0 Å². The summed E-state index contributed by atoms with van der Waals surface area (Å²) in [6.45, 7) is 1.28. The van der Waals surface area contributed by atoms with Crippen LogP contribution in [0.5, 0.6) is 5.75 Å². The fraction of sp³-hybridized carbons (Fsp3) is 0.125. The number of rotatable bonds is 1. The maximum atomic E-state index is 10.6. The number of benzene rings is 1. The molecule has 0 spiro atoms. The van der Waals surface area contributed by atoms with E-state index in [4.69, 9.17) is 27.8 Å². The molecule has 4 nitrogen and oxygen atoms in total. The van der Waals surface area contributed by atoms with Crippen LogP contribution in [0.25, 0.3) is 0 Å². The van der Waals surface area contributed by atoms with Gasteiger partial charge in [0, 0.05) is 6.92 Å². The van der Waals surface area contributed by atoms with E-state index in [2.05, 4.69) is 0 Å². The van der Waals surface area contributed by atoms with Gasteiger partial charge in [-0.1, -0.05) is 11.6 Å². The summed E-state index contributed by atoms with van der Waals surface area (Å²) in [5.74, 6) is -0.220. The molecule has 0 radical (unpaired) electrons. The molecule has 1 aromatic rings. The molecule has 13 heavy (non-hydrogen) atoms. The molecule has 1 aromatic carbocycles. The summed E-state index contributed by atoms with van der Waals surface area (Å²) in [5.41, 5.74) is 11.5. The zero-order chi connectivity index (χ0) is 10.0. The van der Waals surface area contributed by atoms with E-state index >= 15 is 0 Å². The summed E-state index contributed by atoms with van der Waals surface area (Å²) in [7, 11) is 0. The van der Waals surface area contributed by atoms with Crippen LogP contribution in [0.1, 0.15) is 6.92 Å². The number of esters is 1. The number of ether oxygens (including phenoxy) is 1. The lowest BCUT2D eigenvalue weighted by molar-refractivity contribution is -0.131. The minimum Gasteiger partial charge on any atom is -0.424 e. The lowest BCUT2D eigenvalue weighted by atomic mass is 10.2. The normalized spacial score (nSPS) is 9.69. The average molecular weight is 201 g/mol. The van der Waals surface area contributed by atoms with Crippen molar-refractivity contribution in [1.82, 2.24) is 0 Å². The topological polar surface area (TPSA) is 78.3 Å². The van der Waals surface area contributed by atoms with Crippen molar-refractivity contribution in [3.05, 3.63) is 17.2 Å². The molecule has 0 saturated heterocycles. The van der Waals surface area contributed by atoms with Gasteiger partial charge in [0.05, 0.1) is 16.4 Å². The maximum Gasteiger partial charge on any atom is 0.308 e. The Morgan fingerprint density at radius 3 is 2.54 bits per heavy atom. The first-order chi connectivity index (χ1) is 6.02. The molecule has 0 atom stereocenters. The van der Waals surface area contributed by atoms with Crippen molar-refractivity contribution in [1.29, 1.82) is 0 Å². The summed E-state index contributed by atoms with van der Waals surface area (Å²) in [6.07, 6.45) is 0. The second-order valence-corrected chi connectivity index (χ2v) is 2.87. The summed E-state index contributed by atoms with van der Waals surface area (Å²) in [5, 5.41) is 0.341. The first kappa shape index (κ1) is 9.67. The third-order valence-electron chi connectivity index (χ3n) is 1.45. The van der Waals surface area contributed by atoms with Crippen LogP contribution >= 0.6 is 11.6 Å². The van der Waals surface area contributed by atoms with Crippen molar-refractivity contribution >= 4 is 28.9 Å². The zero-order valence-electron chi connectivity index (χ0n) is 7.00. The number of nitrogen functional groups attached to an aromatic ring is 2. The van der Waals surface area contributed by atoms with Crippen molar-refractivity contribution < 1.29 is 9.53 Å². The van der Waals surface area contributed by atoms with Gasteiger partial charge in [0.1, 0.15) is 0 Å². The number of carbonyl (C=O) groups is 1. The van der Waals surface area contributed by atoms with Gasteiger partial charge in [-0.25, -0.2) is 0 Å². The Kier molecular flexibility index (Phi) is 2.63. The predicted octanol–water partition coefficient (Wildman–Crippen LogP) is 1.43. The lowest BCUT2D eigenvalue weighted by Crippen LogP contribution is -2.05. The third kappa shape index (κ3) is 2.03. The van der Waals surface area contributed by atoms with Gasteiger partial charge >= 0.3 is 5.97 Å². The van der Waals surface area contributed by atoms with Crippen LogP contribution in [0.2, 0.25) is 5.02 Å². The Morgan fingerprint density at radius 1 is 1.38 bits per heavy atom. The first-order valence-corrected chi connectivity index (χ1v) is 3.92. The lowest BCUT2D eigenvalue weighted by Gasteiger charge is -2.08. The predicted molar refractivity (Wildman–Crippen MR) is 51.6 cm³/mol. The fourth-order valence-electron chi connectivity index (χ4n) is 0.834. The SMILES string of the molecule is CC(=O)Oc1ccc(Cl)c(N)c1N. The molecule has 0 aliphatic heterocycles. The Hall–Kier alpha value is -1.42. The molecular formula is C8H9ClN2O2. The number of hydrogen-bond donors (Lipinski definition) is 2. The molecule has 0 heterocycles. The molecular weight excluding hydrogens is 192 g/mol. The summed E-state index contributed by atoms with van der Waals surface area (Å²) >= 11 is 5.68. The molecule has 5 heteroatoms. The molecule has 4 N–H and O–H groups in total. The highest BCUT2D eigenvalue weighted by Gasteiger charge is 2.08. The van der Waals surface area contributed by atoms with E-state index in [9.17, 15) is 4.79 Å². The molecule has 0 bridgehead atoms. The van der Waals surface area contributed by atoms with Gasteiger partial charge in [-0.3, -0.25) is 4.79 Å². The van der Waals surface area contributed by atoms with Crippen LogP contribution in [-0.4, -0.2) is 5.97 Å². The van der Waals surface area contributed by atoms with Crippen molar-refractivity contribution in [3.63, 3.8) is 0 Å². The number of carbonyl (C=O) groups excluding carboxylic acids is 1. The Balaban J connectivity index is 3.10. The smallest absolute Gasteiger partial charge is 0.308 e. The minimum atomic E-state index is -0.451. The standard InChI is InChI=1S/C8H9ClN2O2/c1-4(12)13-6-3-2-5(9)7(10)8(6)11/h2-3H,10-11H2,1H3. The van der Waals surface area contributed by atoms with Gasteiger partial charge in [0.2, 0.25) is 0 Å². The quantitative estimate of drug-likeness (QED) is 0.408. The summed E-state index contributed by atoms with van der Waals surface area (Å²) in [4.78, 5) is 10.6. The first-order valence-electron chi connectivity index (χ1n) is 3.54. The molecule has 0 unspecified atom stereocenters. The molecule has 0 aliphatic carbocycles. The van der Waals surface area contributed by atoms with Crippen LogP contribution in [0, 0.1) is 0 Å². The van der Waals surface area contributed by atoms with Gasteiger partial charge < -0.3 is 16.2 Å². The monoisotopic (exact) mass is 200 g/mol. The highest BCUT2D eigenvalue weighted by molar-refractivity contribution is 6.33. The van der Waals surface area contributed by atoms with E-state index in [0.717, 1.165) is 0 Å². The van der Waals surface area contributed by atoms with Crippen LogP contribution in [0.3, 0.4) is 0 Å². The van der Waals surface area contributed by atoms with E-state index in [1.54, 1.807) is 0 Å². The number of hydrogen-bond acceptors (Lipinski definition) is 4. The van der Waals surface area contributed by atoms with Gasteiger partial charge in [0.15, 0.2) is 5.75 Å². The third-order valence-corrected chi connectivity index (χ3v) is 1.78. The fourth-order valence-corrected chi connectivity index (χ4v) is 0.998. The van der Waals surface area contributed by atoms with E-state index in [1.165, 1.54) is 19.1 Å². The molecule has 0 aromatic heterocycles. The van der Waals surface area contributed by atoms with Gasteiger partial charge in [-0.05, 0) is 12.1 Å². The summed E-state index contributed by atoms with van der Waals surface area (Å²) < 4.78 is 4.78. The van der Waals surface area contributed by atoms with Crippen molar-refractivity contribution in [3.8, 4) is 5.75 Å². The largest absolute Gasteiger partial charge is 0.424 e. The number of anilines is 2. The minimum absolute atomic E-state index is 0.183. The molecule has 0 saturated carbocycles. The second-order valence-electron chi connectivity index (χ2n) is 2.47. The Labute approximate surface area is 80.4 Å². The highest BCUT2D eigenvalue weighted by Crippen LogP contribution is 2.33.